The van der Waals surface area contributed by atoms with Gasteiger partial charge in [-0.15, -0.1) is 0 Å². The quantitative estimate of drug-likeness (QED) is 0.726. The minimum atomic E-state index is -0.345. The summed E-state index contributed by atoms with van der Waals surface area (Å²) in [5, 5.41) is 2.69. The molecule has 138 valence electrons. The Bertz CT molecular complexity index is 1000. The molecule has 0 aliphatic heterocycles. The highest BCUT2D eigenvalue weighted by molar-refractivity contribution is 5.75. The van der Waals surface area contributed by atoms with Crippen molar-refractivity contribution in [2.45, 2.75) is 13.1 Å². The number of para-hydroxylation sites is 1. The summed E-state index contributed by atoms with van der Waals surface area (Å²) in [6, 6.07) is 14.4. The summed E-state index contributed by atoms with van der Waals surface area (Å²) >= 11 is 0. The van der Waals surface area contributed by atoms with Crippen LogP contribution in [-0.2, 0) is 17.9 Å². The minimum Gasteiger partial charge on any atom is -0.496 e. The first-order valence-corrected chi connectivity index (χ1v) is 8.28. The maximum absolute atomic E-state index is 12.9. The van der Waals surface area contributed by atoms with Gasteiger partial charge in [0.05, 0.1) is 19.1 Å². The second-order valence-corrected chi connectivity index (χ2v) is 5.84. The molecule has 27 heavy (non-hydrogen) atoms. The van der Waals surface area contributed by atoms with E-state index in [4.69, 9.17) is 4.74 Å². The Morgan fingerprint density at radius 3 is 2.63 bits per heavy atom. The predicted octanol–water partition coefficient (Wildman–Crippen LogP) is 2.37. The number of benzene rings is 2. The van der Waals surface area contributed by atoms with Crippen molar-refractivity contribution in [1.29, 1.82) is 0 Å². The third kappa shape index (κ3) is 4.58. The Kier molecular flexibility index (Phi) is 5.61. The number of rotatable bonds is 6. The zero-order valence-electron chi connectivity index (χ0n) is 14.7. The number of hydrogen-bond donors (Lipinski definition) is 1. The highest BCUT2D eigenvalue weighted by Crippen LogP contribution is 2.26. The van der Waals surface area contributed by atoms with Crippen molar-refractivity contribution in [3.8, 4) is 17.0 Å². The largest absolute Gasteiger partial charge is 0.496 e. The average Bonchev–Trinajstić information content (AvgIpc) is 2.69. The fourth-order valence-electron chi connectivity index (χ4n) is 2.56. The van der Waals surface area contributed by atoms with E-state index in [0.717, 1.165) is 5.56 Å². The predicted molar refractivity (Wildman–Crippen MR) is 98.7 cm³/mol. The van der Waals surface area contributed by atoms with Gasteiger partial charge >= 0.3 is 0 Å². The highest BCUT2D eigenvalue weighted by atomic mass is 19.1. The van der Waals surface area contributed by atoms with E-state index in [0.29, 0.717) is 17.0 Å². The molecule has 1 aromatic heterocycles. The number of carbonyl (C=O) groups is 1. The lowest BCUT2D eigenvalue weighted by molar-refractivity contribution is -0.121. The third-order valence-electron chi connectivity index (χ3n) is 3.98. The van der Waals surface area contributed by atoms with E-state index in [1.165, 1.54) is 29.1 Å². The molecular weight excluding hydrogens is 349 g/mol. The summed E-state index contributed by atoms with van der Waals surface area (Å²) in [4.78, 5) is 28.6. The molecule has 0 bridgehead atoms. The van der Waals surface area contributed by atoms with Crippen LogP contribution >= 0.6 is 0 Å². The fourth-order valence-corrected chi connectivity index (χ4v) is 2.56. The number of aromatic nitrogens is 2. The molecular formula is C20H18FN3O3. The van der Waals surface area contributed by atoms with Crippen molar-refractivity contribution in [3.63, 3.8) is 0 Å². The van der Waals surface area contributed by atoms with Crippen LogP contribution in [-0.4, -0.2) is 22.6 Å². The van der Waals surface area contributed by atoms with Crippen molar-refractivity contribution in [1.82, 2.24) is 14.9 Å². The van der Waals surface area contributed by atoms with Crippen molar-refractivity contribution in [2.75, 3.05) is 7.11 Å². The van der Waals surface area contributed by atoms with Crippen molar-refractivity contribution >= 4 is 5.91 Å². The Balaban J connectivity index is 1.68. The molecule has 0 spiro atoms. The van der Waals surface area contributed by atoms with Crippen molar-refractivity contribution in [3.05, 3.63) is 82.7 Å². The Morgan fingerprint density at radius 1 is 1.19 bits per heavy atom. The summed E-state index contributed by atoms with van der Waals surface area (Å²) in [6.45, 7) is 0.0970. The van der Waals surface area contributed by atoms with E-state index in [1.54, 1.807) is 31.4 Å². The van der Waals surface area contributed by atoms with Crippen LogP contribution in [0, 0.1) is 5.82 Å². The first kappa shape index (κ1) is 18.3. The van der Waals surface area contributed by atoms with Crippen LogP contribution in [0.4, 0.5) is 4.39 Å². The molecule has 0 aliphatic rings. The van der Waals surface area contributed by atoms with E-state index in [2.05, 4.69) is 10.3 Å². The molecule has 0 saturated carbocycles. The van der Waals surface area contributed by atoms with Gasteiger partial charge in [-0.1, -0.05) is 24.3 Å². The lowest BCUT2D eigenvalue weighted by atomic mass is 10.1. The molecule has 6 nitrogen and oxygen atoms in total. The first-order chi connectivity index (χ1) is 13.1. The number of carbonyl (C=O) groups excluding carboxylic acids is 1. The average molecular weight is 367 g/mol. The number of halogens is 1. The van der Waals surface area contributed by atoms with Gasteiger partial charge < -0.3 is 10.1 Å². The van der Waals surface area contributed by atoms with Gasteiger partial charge in [-0.3, -0.25) is 14.2 Å². The van der Waals surface area contributed by atoms with Gasteiger partial charge in [-0.05, 0) is 29.8 Å². The molecule has 2 aromatic carbocycles. The van der Waals surface area contributed by atoms with Crippen LogP contribution in [0.3, 0.4) is 0 Å². The monoisotopic (exact) mass is 367 g/mol. The van der Waals surface area contributed by atoms with Gasteiger partial charge in [-0.2, -0.15) is 0 Å². The van der Waals surface area contributed by atoms with E-state index in [-0.39, 0.29) is 30.4 Å². The van der Waals surface area contributed by atoms with Crippen LogP contribution in [0.5, 0.6) is 5.75 Å². The lowest BCUT2D eigenvalue weighted by Gasteiger charge is -2.10. The highest BCUT2D eigenvalue weighted by Gasteiger charge is 2.10. The second-order valence-electron chi connectivity index (χ2n) is 5.84. The minimum absolute atomic E-state index is 0.154. The summed E-state index contributed by atoms with van der Waals surface area (Å²) in [5.74, 6) is -0.0645. The molecule has 0 saturated heterocycles. The number of hydrogen-bond acceptors (Lipinski definition) is 4. The van der Waals surface area contributed by atoms with Gasteiger partial charge in [0, 0.05) is 18.2 Å². The molecule has 1 heterocycles. The van der Waals surface area contributed by atoms with Crippen molar-refractivity contribution in [2.24, 2.45) is 0 Å². The molecule has 7 heteroatoms. The van der Waals surface area contributed by atoms with E-state index in [1.807, 2.05) is 12.1 Å². The normalized spacial score (nSPS) is 10.4. The number of nitrogens with one attached hydrogen (secondary N) is 1. The Hall–Kier alpha value is -3.48. The van der Waals surface area contributed by atoms with Crippen molar-refractivity contribution < 1.29 is 13.9 Å². The van der Waals surface area contributed by atoms with Crippen LogP contribution in [0.25, 0.3) is 11.3 Å². The Morgan fingerprint density at radius 2 is 1.93 bits per heavy atom. The fraction of sp³-hybridized carbons (Fsp3) is 0.150. The summed E-state index contributed by atoms with van der Waals surface area (Å²) < 4.78 is 19.4. The van der Waals surface area contributed by atoms with Crippen LogP contribution in [0.2, 0.25) is 0 Å². The topological polar surface area (TPSA) is 73.2 Å². The summed E-state index contributed by atoms with van der Waals surface area (Å²) in [5.41, 5.74) is 1.59. The number of amides is 1. The van der Waals surface area contributed by atoms with Gasteiger partial charge in [0.25, 0.3) is 5.56 Å². The molecule has 0 radical (unpaired) electrons. The molecule has 0 unspecified atom stereocenters. The lowest BCUT2D eigenvalue weighted by Crippen LogP contribution is -2.31. The third-order valence-corrected chi connectivity index (χ3v) is 3.98. The second kappa shape index (κ2) is 8.27. The SMILES string of the molecule is COc1ccccc1-c1cc(=O)n(CC(=O)NCc2ccc(F)cc2)cn1. The molecule has 0 fully saturated rings. The molecule has 0 atom stereocenters. The molecule has 1 amide bonds. The van der Waals surface area contributed by atoms with Crippen LogP contribution in [0.1, 0.15) is 5.56 Å². The molecule has 0 aliphatic carbocycles. The first-order valence-electron chi connectivity index (χ1n) is 8.28. The molecule has 3 rings (SSSR count). The summed E-state index contributed by atoms with van der Waals surface area (Å²) in [7, 11) is 1.55. The van der Waals surface area contributed by atoms with E-state index >= 15 is 0 Å². The number of ether oxygens (including phenoxy) is 1. The van der Waals surface area contributed by atoms with Crippen LogP contribution in [0.15, 0.2) is 65.7 Å². The zero-order chi connectivity index (χ0) is 19.2. The zero-order valence-corrected chi connectivity index (χ0v) is 14.7. The van der Waals surface area contributed by atoms with Gasteiger partial charge in [0.2, 0.25) is 5.91 Å². The van der Waals surface area contributed by atoms with Crippen LogP contribution < -0.4 is 15.6 Å². The smallest absolute Gasteiger partial charge is 0.254 e. The maximum Gasteiger partial charge on any atom is 0.254 e. The van der Waals surface area contributed by atoms with Gasteiger partial charge in [0.1, 0.15) is 18.1 Å². The number of nitrogens with zero attached hydrogens (tertiary/aromatic N) is 2. The number of methoxy groups -OCH3 is 1. The standard InChI is InChI=1S/C20H18FN3O3/c1-27-18-5-3-2-4-16(18)17-10-20(26)24(13-23-17)12-19(25)22-11-14-6-8-15(21)9-7-14/h2-10,13H,11-12H2,1H3,(H,22,25). The molecule has 1 N–H and O–H groups in total. The van der Waals surface area contributed by atoms with E-state index in [9.17, 15) is 14.0 Å². The summed E-state index contributed by atoms with van der Waals surface area (Å²) in [6.07, 6.45) is 1.33. The molecule has 3 aromatic rings. The van der Waals surface area contributed by atoms with Gasteiger partial charge in [0.15, 0.2) is 0 Å². The van der Waals surface area contributed by atoms with Gasteiger partial charge in [-0.25, -0.2) is 9.37 Å². The maximum atomic E-state index is 12.9. The Labute approximate surface area is 155 Å². The van der Waals surface area contributed by atoms with E-state index < -0.39 is 0 Å².